The fraction of sp³-hybridized carbons (Fsp3) is 0.154. The van der Waals surface area contributed by atoms with E-state index in [4.69, 9.17) is 14.5 Å². The highest BCUT2D eigenvalue weighted by atomic mass is 16.5. The lowest BCUT2D eigenvalue weighted by Gasteiger charge is -2.31. The van der Waals surface area contributed by atoms with E-state index in [-0.39, 0.29) is 5.78 Å². The van der Waals surface area contributed by atoms with Crippen LogP contribution < -0.4 is 14.8 Å². The molecule has 0 saturated heterocycles. The van der Waals surface area contributed by atoms with E-state index in [1.54, 1.807) is 14.2 Å². The molecule has 1 N–H and O–H groups in total. The number of fused-ring (bicyclic) bond motifs is 3. The van der Waals surface area contributed by atoms with Gasteiger partial charge in [-0.25, -0.2) is 4.98 Å². The number of anilines is 1. The van der Waals surface area contributed by atoms with Gasteiger partial charge >= 0.3 is 0 Å². The molecular formula is C26H23N3O3. The SMILES string of the molecule is COc1ccc(OC)c([C@@H]2Nc3nc4ccccc4n3C(C)=C2C(=O)c2ccccc2)c1. The number of methoxy groups -OCH3 is 2. The number of hydrogen-bond donors (Lipinski definition) is 1. The summed E-state index contributed by atoms with van der Waals surface area (Å²) in [4.78, 5) is 18.6. The lowest BCUT2D eigenvalue weighted by Crippen LogP contribution is -2.27. The third-order valence-corrected chi connectivity index (χ3v) is 5.88. The molecule has 0 bridgehead atoms. The van der Waals surface area contributed by atoms with Crippen LogP contribution in [-0.4, -0.2) is 29.6 Å². The average Bonchev–Trinajstić information content (AvgIpc) is 3.22. The van der Waals surface area contributed by atoms with Gasteiger partial charge in [0.2, 0.25) is 5.95 Å². The first-order valence-corrected chi connectivity index (χ1v) is 10.4. The number of para-hydroxylation sites is 2. The van der Waals surface area contributed by atoms with Crippen LogP contribution in [0.15, 0.2) is 78.4 Å². The van der Waals surface area contributed by atoms with Crippen LogP contribution in [0.1, 0.15) is 28.9 Å². The van der Waals surface area contributed by atoms with Crippen molar-refractivity contribution in [3.63, 3.8) is 0 Å². The molecule has 0 unspecified atom stereocenters. The number of aromatic nitrogens is 2. The lowest BCUT2D eigenvalue weighted by atomic mass is 9.89. The zero-order chi connectivity index (χ0) is 22.2. The molecule has 0 aliphatic carbocycles. The molecule has 160 valence electrons. The maximum absolute atomic E-state index is 13.8. The summed E-state index contributed by atoms with van der Waals surface area (Å²) < 4.78 is 13.1. The minimum Gasteiger partial charge on any atom is -0.497 e. The van der Waals surface area contributed by atoms with Crippen molar-refractivity contribution in [3.05, 3.63) is 89.5 Å². The number of allylic oxidation sites excluding steroid dienone is 1. The van der Waals surface area contributed by atoms with E-state index < -0.39 is 6.04 Å². The van der Waals surface area contributed by atoms with Crippen molar-refractivity contribution in [2.75, 3.05) is 19.5 Å². The van der Waals surface area contributed by atoms with E-state index >= 15 is 0 Å². The molecule has 0 radical (unpaired) electrons. The molecule has 32 heavy (non-hydrogen) atoms. The number of benzene rings is 3. The van der Waals surface area contributed by atoms with Crippen LogP contribution in [0.3, 0.4) is 0 Å². The van der Waals surface area contributed by atoms with E-state index in [1.807, 2.05) is 84.3 Å². The molecule has 0 spiro atoms. The molecule has 1 aliphatic rings. The Morgan fingerprint density at radius 1 is 0.969 bits per heavy atom. The first-order valence-electron chi connectivity index (χ1n) is 10.4. The Bertz CT molecular complexity index is 1360. The summed E-state index contributed by atoms with van der Waals surface area (Å²) in [7, 11) is 3.25. The van der Waals surface area contributed by atoms with Gasteiger partial charge in [-0.3, -0.25) is 9.36 Å². The number of ketones is 1. The maximum Gasteiger partial charge on any atom is 0.209 e. The van der Waals surface area contributed by atoms with Gasteiger partial charge in [-0.05, 0) is 37.3 Å². The third kappa shape index (κ3) is 3.12. The van der Waals surface area contributed by atoms with Gasteiger partial charge in [0.25, 0.3) is 0 Å². The Labute approximate surface area is 186 Å². The fourth-order valence-electron chi connectivity index (χ4n) is 4.33. The number of imidazole rings is 1. The van der Waals surface area contributed by atoms with Crippen molar-refractivity contribution >= 4 is 28.5 Å². The highest BCUT2D eigenvalue weighted by Crippen LogP contribution is 2.43. The maximum atomic E-state index is 13.8. The van der Waals surface area contributed by atoms with Crippen molar-refractivity contribution in [2.45, 2.75) is 13.0 Å². The van der Waals surface area contributed by atoms with Crippen LogP contribution in [0.25, 0.3) is 16.7 Å². The summed E-state index contributed by atoms with van der Waals surface area (Å²) in [5.74, 6) is 1.99. The Hall–Kier alpha value is -4.06. The van der Waals surface area contributed by atoms with Crippen LogP contribution in [0, 0.1) is 0 Å². The zero-order valence-corrected chi connectivity index (χ0v) is 18.1. The highest BCUT2D eigenvalue weighted by molar-refractivity contribution is 6.14. The number of rotatable bonds is 5. The molecule has 6 heteroatoms. The van der Waals surface area contributed by atoms with Gasteiger partial charge in [-0.2, -0.15) is 0 Å². The van der Waals surface area contributed by atoms with Gasteiger partial charge in [0.05, 0.1) is 31.3 Å². The smallest absolute Gasteiger partial charge is 0.209 e. The number of nitrogens with zero attached hydrogens (tertiary/aromatic N) is 2. The van der Waals surface area contributed by atoms with Crippen molar-refractivity contribution < 1.29 is 14.3 Å². The first kappa shape index (κ1) is 19.9. The summed E-state index contributed by atoms with van der Waals surface area (Å²) in [6.07, 6.45) is 0. The minimum absolute atomic E-state index is 0.0473. The molecule has 1 aliphatic heterocycles. The summed E-state index contributed by atoms with van der Waals surface area (Å²) in [6.45, 7) is 1.97. The Kier molecular flexibility index (Phi) is 4.90. The van der Waals surface area contributed by atoms with Crippen molar-refractivity contribution in [2.24, 2.45) is 0 Å². The van der Waals surface area contributed by atoms with Crippen molar-refractivity contribution in [3.8, 4) is 11.5 Å². The Morgan fingerprint density at radius 2 is 1.72 bits per heavy atom. The monoisotopic (exact) mass is 425 g/mol. The van der Waals surface area contributed by atoms with Gasteiger partial charge in [0.1, 0.15) is 11.5 Å². The largest absolute Gasteiger partial charge is 0.497 e. The van der Waals surface area contributed by atoms with E-state index in [9.17, 15) is 4.79 Å². The standard InChI is InChI=1S/C26H23N3O3/c1-16-23(25(30)17-9-5-4-6-10-17)24(19-15-18(31-2)13-14-22(19)32-3)28-26-27-20-11-7-8-12-21(20)29(16)26/h4-15,24H,1-3H3,(H,27,28)/t24-/m0/s1. The van der Waals surface area contributed by atoms with Gasteiger partial charge in [0, 0.05) is 22.4 Å². The first-order chi connectivity index (χ1) is 15.6. The molecule has 1 atom stereocenters. The van der Waals surface area contributed by atoms with Gasteiger partial charge < -0.3 is 14.8 Å². The summed E-state index contributed by atoms with van der Waals surface area (Å²) in [5.41, 5.74) is 4.71. The van der Waals surface area contributed by atoms with Gasteiger partial charge in [-0.1, -0.05) is 42.5 Å². The topological polar surface area (TPSA) is 65.4 Å². The van der Waals surface area contributed by atoms with Crippen LogP contribution in [0.5, 0.6) is 11.5 Å². The minimum atomic E-state index is -0.461. The number of hydrogen-bond acceptors (Lipinski definition) is 5. The number of Topliss-reactive ketones (excluding diaryl/α,β-unsaturated/α-hetero) is 1. The second-order valence-corrected chi connectivity index (χ2v) is 7.64. The second-order valence-electron chi connectivity index (χ2n) is 7.64. The quantitative estimate of drug-likeness (QED) is 0.438. The molecule has 6 nitrogen and oxygen atoms in total. The normalized spacial score (nSPS) is 15.3. The fourth-order valence-corrected chi connectivity index (χ4v) is 4.33. The molecule has 5 rings (SSSR count). The predicted molar refractivity (Wildman–Crippen MR) is 125 cm³/mol. The van der Waals surface area contributed by atoms with Gasteiger partial charge in [0.15, 0.2) is 5.78 Å². The van der Waals surface area contributed by atoms with Crippen LogP contribution in [-0.2, 0) is 0 Å². The summed E-state index contributed by atoms with van der Waals surface area (Å²) in [6, 6.07) is 22.4. The van der Waals surface area contributed by atoms with E-state index in [2.05, 4.69) is 5.32 Å². The number of carbonyl (C=O) groups excluding carboxylic acids is 1. The zero-order valence-electron chi connectivity index (χ0n) is 18.1. The second kappa shape index (κ2) is 7.89. The summed E-state index contributed by atoms with van der Waals surface area (Å²) in [5, 5.41) is 3.50. The van der Waals surface area contributed by atoms with Crippen LogP contribution in [0.4, 0.5) is 5.95 Å². The molecule has 3 aromatic carbocycles. The molecule has 0 amide bonds. The highest BCUT2D eigenvalue weighted by Gasteiger charge is 2.34. The number of ether oxygens (including phenoxy) is 2. The number of nitrogens with one attached hydrogen (secondary N) is 1. The number of carbonyl (C=O) groups is 1. The van der Waals surface area contributed by atoms with E-state index in [1.165, 1.54) is 0 Å². The summed E-state index contributed by atoms with van der Waals surface area (Å²) >= 11 is 0. The van der Waals surface area contributed by atoms with Crippen LogP contribution >= 0.6 is 0 Å². The molecular weight excluding hydrogens is 402 g/mol. The third-order valence-electron chi connectivity index (χ3n) is 5.88. The van der Waals surface area contributed by atoms with E-state index in [0.717, 1.165) is 22.3 Å². The Morgan fingerprint density at radius 3 is 2.47 bits per heavy atom. The predicted octanol–water partition coefficient (Wildman–Crippen LogP) is 5.33. The molecule has 0 fully saturated rings. The van der Waals surface area contributed by atoms with E-state index in [0.29, 0.717) is 28.6 Å². The lowest BCUT2D eigenvalue weighted by molar-refractivity contribution is 0.102. The average molecular weight is 425 g/mol. The molecule has 0 saturated carbocycles. The molecule has 4 aromatic rings. The van der Waals surface area contributed by atoms with Crippen LogP contribution in [0.2, 0.25) is 0 Å². The van der Waals surface area contributed by atoms with Crippen molar-refractivity contribution in [1.29, 1.82) is 0 Å². The van der Waals surface area contributed by atoms with Crippen molar-refractivity contribution in [1.82, 2.24) is 9.55 Å². The Balaban J connectivity index is 1.77. The molecule has 1 aromatic heterocycles. The van der Waals surface area contributed by atoms with Gasteiger partial charge in [-0.15, -0.1) is 0 Å². The molecule has 2 heterocycles.